The van der Waals surface area contributed by atoms with Crippen LogP contribution in [0.3, 0.4) is 0 Å². The van der Waals surface area contributed by atoms with Gasteiger partial charge in [-0.25, -0.2) is 22.7 Å². The first kappa shape index (κ1) is 11.5. The van der Waals surface area contributed by atoms with Crippen LogP contribution in [0.25, 0.3) is 5.65 Å². The number of fused-ring (bicyclic) bond motifs is 1. The highest BCUT2D eigenvalue weighted by Crippen LogP contribution is 2.10. The van der Waals surface area contributed by atoms with Gasteiger partial charge in [0.15, 0.2) is 5.65 Å². The lowest BCUT2D eigenvalue weighted by Gasteiger charge is -2.02. The molecule has 0 atom stereocenters. The van der Waals surface area contributed by atoms with Gasteiger partial charge in [-0.1, -0.05) is 0 Å². The van der Waals surface area contributed by atoms with E-state index in [1.807, 2.05) is 0 Å². The molecule has 0 amide bonds. The lowest BCUT2D eigenvalue weighted by atomic mass is 10.2. The number of aromatic nitrogens is 4. The maximum atomic E-state index is 13.5. The Balaban J connectivity index is 2.08. The smallest absolute Gasteiger partial charge is 0.259 e. The summed E-state index contributed by atoms with van der Waals surface area (Å²) >= 11 is 0. The lowest BCUT2D eigenvalue weighted by molar-refractivity contribution is 0.561. The van der Waals surface area contributed by atoms with E-state index in [4.69, 9.17) is 0 Å². The zero-order valence-electron chi connectivity index (χ0n) is 9.62. The standard InChI is InChI=1S/C12H8F2N4O/c13-9-1-2-10(14)8(5-9)7-18-12(19)17-4-3-15-6-11(17)16-18/h1-6H,7H2. The molecule has 0 aliphatic carbocycles. The molecule has 0 aliphatic rings. The average molecular weight is 262 g/mol. The molecule has 5 nitrogen and oxygen atoms in total. The number of hydrogen-bond acceptors (Lipinski definition) is 3. The molecular formula is C12H8F2N4O. The second kappa shape index (κ2) is 4.27. The van der Waals surface area contributed by atoms with Crippen molar-refractivity contribution < 1.29 is 8.78 Å². The summed E-state index contributed by atoms with van der Waals surface area (Å²) in [5.74, 6) is -1.14. The average Bonchev–Trinajstić information content (AvgIpc) is 2.72. The zero-order chi connectivity index (χ0) is 13.4. The number of hydrogen-bond donors (Lipinski definition) is 0. The van der Waals surface area contributed by atoms with Crippen LogP contribution in [0.4, 0.5) is 8.78 Å². The number of nitrogens with zero attached hydrogens (tertiary/aromatic N) is 4. The number of rotatable bonds is 2. The summed E-state index contributed by atoms with van der Waals surface area (Å²) in [5, 5.41) is 3.99. The van der Waals surface area contributed by atoms with Gasteiger partial charge in [0.2, 0.25) is 0 Å². The molecule has 0 unspecified atom stereocenters. The number of benzene rings is 1. The van der Waals surface area contributed by atoms with Crippen LogP contribution in [0, 0.1) is 11.6 Å². The van der Waals surface area contributed by atoms with Crippen molar-refractivity contribution in [3.05, 3.63) is 64.5 Å². The van der Waals surface area contributed by atoms with Gasteiger partial charge in [-0.05, 0) is 18.2 Å². The Morgan fingerprint density at radius 2 is 2.11 bits per heavy atom. The van der Waals surface area contributed by atoms with Crippen molar-refractivity contribution in [3.8, 4) is 0 Å². The largest absolute Gasteiger partial charge is 0.350 e. The second-order valence-corrected chi connectivity index (χ2v) is 3.98. The molecule has 2 heterocycles. The second-order valence-electron chi connectivity index (χ2n) is 3.98. The molecule has 0 radical (unpaired) electrons. The molecule has 0 aliphatic heterocycles. The Bertz CT molecular complexity index is 809. The normalized spacial score (nSPS) is 11.1. The third-order valence-electron chi connectivity index (χ3n) is 2.72. The fraction of sp³-hybridized carbons (Fsp3) is 0.0833. The molecule has 0 spiro atoms. The number of halogens is 2. The van der Waals surface area contributed by atoms with Gasteiger partial charge in [0, 0.05) is 18.0 Å². The quantitative estimate of drug-likeness (QED) is 0.697. The van der Waals surface area contributed by atoms with Crippen molar-refractivity contribution in [2.45, 2.75) is 6.54 Å². The van der Waals surface area contributed by atoms with Crippen LogP contribution < -0.4 is 5.69 Å². The van der Waals surface area contributed by atoms with Gasteiger partial charge in [-0.3, -0.25) is 4.98 Å². The van der Waals surface area contributed by atoms with E-state index in [9.17, 15) is 13.6 Å². The van der Waals surface area contributed by atoms with Crippen LogP contribution in [0.2, 0.25) is 0 Å². The Hall–Kier alpha value is -2.57. The Labute approximate surface area is 105 Å². The third kappa shape index (κ3) is 1.99. The highest BCUT2D eigenvalue weighted by molar-refractivity contribution is 5.32. The third-order valence-corrected chi connectivity index (χ3v) is 2.72. The van der Waals surface area contributed by atoms with Gasteiger partial charge in [-0.15, -0.1) is 5.10 Å². The minimum Gasteiger partial charge on any atom is -0.259 e. The van der Waals surface area contributed by atoms with Gasteiger partial charge >= 0.3 is 5.69 Å². The van der Waals surface area contributed by atoms with E-state index in [2.05, 4.69) is 10.1 Å². The maximum Gasteiger partial charge on any atom is 0.350 e. The maximum absolute atomic E-state index is 13.5. The summed E-state index contributed by atoms with van der Waals surface area (Å²) < 4.78 is 28.9. The van der Waals surface area contributed by atoms with E-state index in [1.165, 1.54) is 23.0 Å². The van der Waals surface area contributed by atoms with E-state index in [0.717, 1.165) is 22.9 Å². The zero-order valence-corrected chi connectivity index (χ0v) is 9.62. The molecule has 2 aromatic heterocycles. The Morgan fingerprint density at radius 1 is 1.26 bits per heavy atom. The first-order valence-corrected chi connectivity index (χ1v) is 5.48. The van der Waals surface area contributed by atoms with Crippen molar-refractivity contribution in [1.29, 1.82) is 0 Å². The molecule has 0 saturated heterocycles. The van der Waals surface area contributed by atoms with Crippen molar-refractivity contribution in [3.63, 3.8) is 0 Å². The highest BCUT2D eigenvalue weighted by atomic mass is 19.1. The predicted octanol–water partition coefficient (Wildman–Crippen LogP) is 1.22. The van der Waals surface area contributed by atoms with E-state index >= 15 is 0 Å². The molecule has 96 valence electrons. The predicted molar refractivity (Wildman–Crippen MR) is 62.7 cm³/mol. The van der Waals surface area contributed by atoms with Gasteiger partial charge in [0.05, 0.1) is 12.7 Å². The lowest BCUT2D eigenvalue weighted by Crippen LogP contribution is -2.22. The summed E-state index contributed by atoms with van der Waals surface area (Å²) in [5.41, 5.74) is -0.0103. The topological polar surface area (TPSA) is 52.2 Å². The molecule has 0 bridgehead atoms. The molecule has 0 N–H and O–H groups in total. The van der Waals surface area contributed by atoms with Crippen molar-refractivity contribution in [2.75, 3.05) is 0 Å². The fourth-order valence-electron chi connectivity index (χ4n) is 1.81. The van der Waals surface area contributed by atoms with Crippen LogP contribution in [0.15, 0.2) is 41.6 Å². The molecule has 3 rings (SSSR count). The van der Waals surface area contributed by atoms with Crippen LogP contribution in [0.5, 0.6) is 0 Å². The van der Waals surface area contributed by atoms with E-state index in [1.54, 1.807) is 0 Å². The van der Waals surface area contributed by atoms with Gasteiger partial charge in [-0.2, -0.15) is 0 Å². The molecule has 19 heavy (non-hydrogen) atoms. The van der Waals surface area contributed by atoms with Crippen molar-refractivity contribution >= 4 is 5.65 Å². The summed E-state index contributed by atoms with van der Waals surface area (Å²) in [6.07, 6.45) is 4.33. The molecule has 0 fully saturated rings. The minimum absolute atomic E-state index is 0.0680. The molecule has 3 aromatic rings. The Morgan fingerprint density at radius 3 is 2.89 bits per heavy atom. The van der Waals surface area contributed by atoms with Gasteiger partial charge in [0.25, 0.3) is 0 Å². The minimum atomic E-state index is -0.580. The summed E-state index contributed by atoms with van der Waals surface area (Å²) in [6, 6.07) is 3.09. The summed E-state index contributed by atoms with van der Waals surface area (Å²) in [7, 11) is 0. The molecule has 0 saturated carbocycles. The van der Waals surface area contributed by atoms with E-state index in [-0.39, 0.29) is 12.1 Å². The molecular weight excluding hydrogens is 254 g/mol. The van der Waals surface area contributed by atoms with E-state index in [0.29, 0.717) is 5.65 Å². The van der Waals surface area contributed by atoms with Crippen LogP contribution in [-0.4, -0.2) is 19.2 Å². The van der Waals surface area contributed by atoms with E-state index < -0.39 is 17.3 Å². The van der Waals surface area contributed by atoms with Crippen molar-refractivity contribution in [1.82, 2.24) is 19.2 Å². The SMILES string of the molecule is O=c1n(Cc2cc(F)ccc2F)nc2cnccn12. The van der Waals surface area contributed by atoms with Gasteiger partial charge < -0.3 is 0 Å². The first-order chi connectivity index (χ1) is 9.15. The highest BCUT2D eigenvalue weighted by Gasteiger charge is 2.10. The summed E-state index contributed by atoms with van der Waals surface area (Å²) in [6.45, 7) is -0.135. The van der Waals surface area contributed by atoms with Crippen LogP contribution >= 0.6 is 0 Å². The Kier molecular flexibility index (Phi) is 2.59. The van der Waals surface area contributed by atoms with Crippen LogP contribution in [0.1, 0.15) is 5.56 Å². The first-order valence-electron chi connectivity index (χ1n) is 5.48. The fourth-order valence-corrected chi connectivity index (χ4v) is 1.81. The van der Waals surface area contributed by atoms with Crippen LogP contribution in [-0.2, 0) is 6.54 Å². The molecule has 7 heteroatoms. The summed E-state index contributed by atoms with van der Waals surface area (Å²) in [4.78, 5) is 15.8. The monoisotopic (exact) mass is 262 g/mol. The van der Waals surface area contributed by atoms with Gasteiger partial charge in [0.1, 0.15) is 11.6 Å². The van der Waals surface area contributed by atoms with Crippen molar-refractivity contribution in [2.24, 2.45) is 0 Å². The molecule has 1 aromatic carbocycles.